The first-order valence-electron chi connectivity index (χ1n) is 11.9. The summed E-state index contributed by atoms with van der Waals surface area (Å²) in [6, 6.07) is 13.3. The molecule has 0 radical (unpaired) electrons. The van der Waals surface area contributed by atoms with Crippen molar-refractivity contribution in [2.24, 2.45) is 0 Å². The molecule has 36 heavy (non-hydrogen) atoms. The molecule has 1 heterocycles. The fraction of sp³-hybridized carbons (Fsp3) is 0.276. The summed E-state index contributed by atoms with van der Waals surface area (Å²) in [6.45, 7) is 5.46. The van der Waals surface area contributed by atoms with Crippen molar-refractivity contribution in [3.05, 3.63) is 77.5 Å². The van der Waals surface area contributed by atoms with Crippen molar-refractivity contribution in [3.63, 3.8) is 0 Å². The van der Waals surface area contributed by atoms with E-state index in [4.69, 9.17) is 19.2 Å². The topological polar surface area (TPSA) is 86.8 Å². The predicted octanol–water partition coefficient (Wildman–Crippen LogP) is 4.98. The molecular formula is C29H30N2O5. The third-order valence-electron chi connectivity index (χ3n) is 6.20. The minimum atomic E-state index is -0.939. The number of hydrogen-bond acceptors (Lipinski definition) is 6. The Kier molecular flexibility index (Phi) is 7.68. The predicted molar refractivity (Wildman–Crippen MR) is 140 cm³/mol. The Labute approximate surface area is 210 Å². The summed E-state index contributed by atoms with van der Waals surface area (Å²) in [5, 5.41) is 3.38. The molecule has 3 aromatic rings. The number of para-hydroxylation sites is 1. The van der Waals surface area contributed by atoms with E-state index in [0.29, 0.717) is 40.9 Å². The number of aromatic nitrogens is 1. The van der Waals surface area contributed by atoms with Gasteiger partial charge in [-0.25, -0.2) is 9.78 Å². The molecule has 0 bridgehead atoms. The van der Waals surface area contributed by atoms with Crippen LogP contribution in [0.15, 0.2) is 55.1 Å². The lowest BCUT2D eigenvalue weighted by atomic mass is 9.86. The smallest absolute Gasteiger partial charge is 0.339 e. The summed E-state index contributed by atoms with van der Waals surface area (Å²) >= 11 is 0. The van der Waals surface area contributed by atoms with Crippen LogP contribution in [0, 0.1) is 0 Å². The highest BCUT2D eigenvalue weighted by Gasteiger charge is 2.28. The number of allylic oxidation sites excluding steroid dienone is 1. The lowest BCUT2D eigenvalue weighted by Crippen LogP contribution is -2.36. The van der Waals surface area contributed by atoms with E-state index in [2.05, 4.69) is 18.0 Å². The minimum absolute atomic E-state index is 0.304. The first-order chi connectivity index (χ1) is 17.5. The van der Waals surface area contributed by atoms with Crippen LogP contribution in [-0.2, 0) is 16.0 Å². The van der Waals surface area contributed by atoms with Gasteiger partial charge < -0.3 is 19.5 Å². The van der Waals surface area contributed by atoms with Gasteiger partial charge in [0.05, 0.1) is 31.0 Å². The van der Waals surface area contributed by atoms with Gasteiger partial charge in [0.25, 0.3) is 5.91 Å². The minimum Gasteiger partial charge on any atom is -0.493 e. The maximum atomic E-state index is 13.4. The molecule has 0 saturated carbocycles. The van der Waals surface area contributed by atoms with Gasteiger partial charge in [-0.15, -0.1) is 6.58 Å². The molecule has 186 valence electrons. The highest BCUT2D eigenvalue weighted by atomic mass is 16.5. The summed E-state index contributed by atoms with van der Waals surface area (Å²) in [5.74, 6) is 0.398. The quantitative estimate of drug-likeness (QED) is 0.357. The fourth-order valence-corrected chi connectivity index (χ4v) is 4.44. The summed E-state index contributed by atoms with van der Waals surface area (Å²) < 4.78 is 16.4. The van der Waals surface area contributed by atoms with Crippen LogP contribution in [0.3, 0.4) is 0 Å². The fourth-order valence-electron chi connectivity index (χ4n) is 4.44. The molecule has 1 aliphatic rings. The van der Waals surface area contributed by atoms with Gasteiger partial charge in [-0.3, -0.25) is 4.79 Å². The number of benzene rings is 2. The Morgan fingerprint density at radius 3 is 2.64 bits per heavy atom. The summed E-state index contributed by atoms with van der Waals surface area (Å²) in [7, 11) is 3.21. The Hall–Kier alpha value is -4.13. The number of carbonyl (C=O) groups is 2. The Morgan fingerprint density at radius 2 is 1.89 bits per heavy atom. The standard InChI is InChI=1S/C29H30N2O5/c1-5-15-30-28(32)18(2)36-29(33)26-21-10-6-7-12-23(21)31-27-20(9-8-11-22(26)27)16-19-13-14-24(34-3)25(17-19)35-4/h5-7,10,12-14,16-18H,1,8-9,11,15H2,2-4H3,(H,30,32)/b20-16+. The van der Waals surface area contributed by atoms with Crippen LogP contribution in [0.1, 0.15) is 46.9 Å². The number of pyridine rings is 1. The number of nitrogens with zero attached hydrogens (tertiary/aromatic N) is 1. The second-order valence-electron chi connectivity index (χ2n) is 8.55. The SMILES string of the molecule is C=CCNC(=O)C(C)OC(=O)c1c2c(nc3ccccc13)/C(=C/c1ccc(OC)c(OC)c1)CCC2. The number of ether oxygens (including phenoxy) is 3. The van der Waals surface area contributed by atoms with Crippen molar-refractivity contribution in [2.45, 2.75) is 32.3 Å². The first-order valence-corrected chi connectivity index (χ1v) is 11.9. The van der Waals surface area contributed by atoms with E-state index < -0.39 is 12.1 Å². The lowest BCUT2D eigenvalue weighted by molar-refractivity contribution is -0.128. The molecule has 1 N–H and O–H groups in total. The molecule has 1 amide bonds. The van der Waals surface area contributed by atoms with Crippen LogP contribution in [0.5, 0.6) is 11.5 Å². The molecule has 0 saturated heterocycles. The molecule has 0 fully saturated rings. The van der Waals surface area contributed by atoms with Crippen molar-refractivity contribution in [3.8, 4) is 11.5 Å². The Balaban J connectivity index is 1.78. The molecule has 4 rings (SSSR count). The summed E-state index contributed by atoms with van der Waals surface area (Å²) in [5.41, 5.74) is 4.77. The Bertz CT molecular complexity index is 1340. The van der Waals surface area contributed by atoms with Crippen LogP contribution in [0.25, 0.3) is 22.6 Å². The molecule has 7 heteroatoms. The van der Waals surface area contributed by atoms with Crippen molar-refractivity contribution in [1.82, 2.24) is 10.3 Å². The molecule has 1 aromatic heterocycles. The van der Waals surface area contributed by atoms with Gasteiger partial charge >= 0.3 is 5.97 Å². The van der Waals surface area contributed by atoms with Crippen molar-refractivity contribution in [1.29, 1.82) is 0 Å². The summed E-state index contributed by atoms with van der Waals surface area (Å²) in [4.78, 5) is 30.7. The van der Waals surface area contributed by atoms with Gasteiger partial charge in [0.2, 0.25) is 0 Å². The van der Waals surface area contributed by atoms with Crippen LogP contribution in [0.2, 0.25) is 0 Å². The molecule has 0 spiro atoms. The molecule has 1 unspecified atom stereocenters. The van der Waals surface area contributed by atoms with Gasteiger partial charge in [-0.2, -0.15) is 0 Å². The van der Waals surface area contributed by atoms with Crippen LogP contribution < -0.4 is 14.8 Å². The number of esters is 1. The molecule has 1 aliphatic carbocycles. The number of carbonyl (C=O) groups excluding carboxylic acids is 2. The maximum absolute atomic E-state index is 13.4. The number of methoxy groups -OCH3 is 2. The Morgan fingerprint density at radius 1 is 1.11 bits per heavy atom. The second kappa shape index (κ2) is 11.1. The van der Waals surface area contributed by atoms with E-state index in [0.717, 1.165) is 35.2 Å². The van der Waals surface area contributed by atoms with Gasteiger partial charge in [0.1, 0.15) is 0 Å². The van der Waals surface area contributed by atoms with Crippen molar-refractivity contribution in [2.75, 3.05) is 20.8 Å². The summed E-state index contributed by atoms with van der Waals surface area (Å²) in [6.07, 6.45) is 5.08. The van der Waals surface area contributed by atoms with Gasteiger partial charge in [0.15, 0.2) is 17.6 Å². The number of fused-ring (bicyclic) bond motifs is 2. The highest BCUT2D eigenvalue weighted by Crippen LogP contribution is 2.37. The normalized spacial score (nSPS) is 14.6. The van der Waals surface area contributed by atoms with Crippen molar-refractivity contribution < 1.29 is 23.8 Å². The zero-order valence-corrected chi connectivity index (χ0v) is 20.8. The molecule has 1 atom stereocenters. The van der Waals surface area contributed by atoms with E-state index in [9.17, 15) is 9.59 Å². The number of amides is 1. The maximum Gasteiger partial charge on any atom is 0.339 e. The molecule has 0 aliphatic heterocycles. The van der Waals surface area contributed by atoms with Gasteiger partial charge in [0, 0.05) is 11.9 Å². The third kappa shape index (κ3) is 5.10. The van der Waals surface area contributed by atoms with Gasteiger partial charge in [-0.05, 0) is 67.2 Å². The van der Waals surface area contributed by atoms with Gasteiger partial charge in [-0.1, -0.05) is 30.3 Å². The van der Waals surface area contributed by atoms with Crippen LogP contribution >= 0.6 is 0 Å². The molecule has 2 aromatic carbocycles. The van der Waals surface area contributed by atoms with Crippen LogP contribution in [-0.4, -0.2) is 43.7 Å². The van der Waals surface area contributed by atoms with E-state index in [1.54, 1.807) is 27.2 Å². The first kappa shape index (κ1) is 25.0. The number of nitrogens with one attached hydrogen (secondary N) is 1. The molecule has 7 nitrogen and oxygen atoms in total. The third-order valence-corrected chi connectivity index (χ3v) is 6.20. The highest BCUT2D eigenvalue weighted by molar-refractivity contribution is 6.07. The zero-order chi connectivity index (χ0) is 25.7. The zero-order valence-electron chi connectivity index (χ0n) is 20.8. The van der Waals surface area contributed by atoms with Crippen molar-refractivity contribution >= 4 is 34.4 Å². The monoisotopic (exact) mass is 486 g/mol. The lowest BCUT2D eigenvalue weighted by Gasteiger charge is -2.23. The number of rotatable bonds is 8. The average molecular weight is 487 g/mol. The largest absolute Gasteiger partial charge is 0.493 e. The van der Waals surface area contributed by atoms with E-state index >= 15 is 0 Å². The second-order valence-corrected chi connectivity index (χ2v) is 8.55. The van der Waals surface area contributed by atoms with E-state index in [1.807, 2.05) is 42.5 Å². The molecular weight excluding hydrogens is 456 g/mol. The van der Waals surface area contributed by atoms with Crippen LogP contribution in [0.4, 0.5) is 0 Å². The average Bonchev–Trinajstić information content (AvgIpc) is 2.90. The number of hydrogen-bond donors (Lipinski definition) is 1. The van der Waals surface area contributed by atoms with E-state index in [-0.39, 0.29) is 5.91 Å². The van der Waals surface area contributed by atoms with E-state index in [1.165, 1.54) is 0 Å².